The van der Waals surface area contributed by atoms with Crippen molar-refractivity contribution in [2.45, 2.75) is 6.42 Å². The third-order valence-corrected chi connectivity index (χ3v) is 3.51. The van der Waals surface area contributed by atoms with Gasteiger partial charge in [-0.1, -0.05) is 0 Å². The molecular weight excluding hydrogens is 233 g/mol. The summed E-state index contributed by atoms with van der Waals surface area (Å²) in [5, 5.41) is 0. The van der Waals surface area contributed by atoms with Crippen molar-refractivity contribution in [1.82, 2.24) is 4.90 Å². The van der Waals surface area contributed by atoms with Crippen LogP contribution in [0.2, 0.25) is 0 Å². The first-order chi connectivity index (χ1) is 8.63. The van der Waals surface area contributed by atoms with Crippen LogP contribution in [0.4, 0.5) is 4.39 Å². The monoisotopic (exact) mass is 245 g/mol. The molecule has 0 N–H and O–H groups in total. The highest BCUT2D eigenvalue weighted by Crippen LogP contribution is 2.31. The highest BCUT2D eigenvalue weighted by Gasteiger charge is 2.35. The molecule has 0 bridgehead atoms. The van der Waals surface area contributed by atoms with Gasteiger partial charge in [0.25, 0.3) is 5.91 Å². The lowest BCUT2D eigenvalue weighted by molar-refractivity contribution is -0.114. The smallest absolute Gasteiger partial charge is 0.254 e. The standard InChI is InChI=1S/C14H12FNO2/c15-12-3-1-9(2-4-12)14(18)16-7-10-5-13(17)6-11(10)8-16/h1-5,11H,6-8H2. The van der Waals surface area contributed by atoms with Crippen LogP contribution in [0.25, 0.3) is 0 Å². The number of benzene rings is 1. The van der Waals surface area contributed by atoms with Crippen LogP contribution in [0.5, 0.6) is 0 Å². The van der Waals surface area contributed by atoms with Gasteiger partial charge in [0.05, 0.1) is 0 Å². The Kier molecular flexibility index (Phi) is 2.51. The van der Waals surface area contributed by atoms with E-state index in [1.165, 1.54) is 24.3 Å². The first-order valence-corrected chi connectivity index (χ1v) is 5.91. The van der Waals surface area contributed by atoms with Crippen LogP contribution >= 0.6 is 0 Å². The average Bonchev–Trinajstić information content (AvgIpc) is 2.86. The van der Waals surface area contributed by atoms with Gasteiger partial charge in [-0.25, -0.2) is 4.39 Å². The van der Waals surface area contributed by atoms with Crippen molar-refractivity contribution in [2.75, 3.05) is 13.1 Å². The van der Waals surface area contributed by atoms with Crippen LogP contribution in [0.15, 0.2) is 35.9 Å². The predicted molar refractivity (Wildman–Crippen MR) is 63.5 cm³/mol. The Bertz CT molecular complexity index is 547. The molecule has 3 rings (SSSR count). The van der Waals surface area contributed by atoms with Gasteiger partial charge in [-0.2, -0.15) is 0 Å². The summed E-state index contributed by atoms with van der Waals surface area (Å²) in [5.41, 5.74) is 1.54. The van der Waals surface area contributed by atoms with Crippen LogP contribution in [0.1, 0.15) is 16.8 Å². The average molecular weight is 245 g/mol. The lowest BCUT2D eigenvalue weighted by Crippen LogP contribution is -2.29. The third kappa shape index (κ3) is 1.83. The van der Waals surface area contributed by atoms with E-state index in [1.54, 1.807) is 11.0 Å². The molecule has 2 aliphatic rings. The second-order valence-corrected chi connectivity index (χ2v) is 4.78. The summed E-state index contributed by atoms with van der Waals surface area (Å²) in [6, 6.07) is 5.55. The van der Waals surface area contributed by atoms with E-state index in [0.29, 0.717) is 25.1 Å². The molecule has 1 saturated heterocycles. The van der Waals surface area contributed by atoms with E-state index in [-0.39, 0.29) is 23.4 Å². The molecule has 1 atom stereocenters. The van der Waals surface area contributed by atoms with Crippen molar-refractivity contribution in [2.24, 2.45) is 5.92 Å². The number of amides is 1. The summed E-state index contributed by atoms with van der Waals surface area (Å²) in [7, 11) is 0. The Morgan fingerprint density at radius 1 is 1.28 bits per heavy atom. The van der Waals surface area contributed by atoms with Gasteiger partial charge in [0, 0.05) is 31.0 Å². The largest absolute Gasteiger partial charge is 0.334 e. The zero-order chi connectivity index (χ0) is 12.7. The lowest BCUT2D eigenvalue weighted by atomic mass is 10.1. The Hall–Kier alpha value is -1.97. The number of ketones is 1. The summed E-state index contributed by atoms with van der Waals surface area (Å²) < 4.78 is 12.8. The van der Waals surface area contributed by atoms with E-state index < -0.39 is 0 Å². The molecule has 1 unspecified atom stereocenters. The number of nitrogens with zero attached hydrogens (tertiary/aromatic N) is 1. The fourth-order valence-electron chi connectivity index (χ4n) is 2.59. The number of hydrogen-bond acceptors (Lipinski definition) is 2. The molecule has 1 aromatic rings. The zero-order valence-corrected chi connectivity index (χ0v) is 9.73. The molecular formula is C14H12FNO2. The van der Waals surface area contributed by atoms with Gasteiger partial charge >= 0.3 is 0 Å². The molecule has 3 nitrogen and oxygen atoms in total. The maximum atomic E-state index is 12.8. The molecule has 1 amide bonds. The van der Waals surface area contributed by atoms with Crippen molar-refractivity contribution in [3.8, 4) is 0 Å². The normalized spacial score (nSPS) is 22.1. The number of carbonyl (C=O) groups excluding carboxylic acids is 2. The van der Waals surface area contributed by atoms with Gasteiger partial charge in [0.15, 0.2) is 5.78 Å². The van der Waals surface area contributed by atoms with Gasteiger partial charge in [0.2, 0.25) is 0 Å². The number of carbonyl (C=O) groups is 2. The molecule has 0 spiro atoms. The number of hydrogen-bond donors (Lipinski definition) is 0. The van der Waals surface area contributed by atoms with Crippen molar-refractivity contribution in [3.05, 3.63) is 47.3 Å². The lowest BCUT2D eigenvalue weighted by Gasteiger charge is -2.16. The van der Waals surface area contributed by atoms with Gasteiger partial charge in [0.1, 0.15) is 5.82 Å². The minimum absolute atomic E-state index is 0.0993. The van der Waals surface area contributed by atoms with Gasteiger partial charge in [-0.3, -0.25) is 9.59 Å². The molecule has 0 saturated carbocycles. The summed E-state index contributed by atoms with van der Waals surface area (Å²) in [5.74, 6) is -0.0957. The van der Waals surface area contributed by atoms with Crippen LogP contribution in [-0.4, -0.2) is 29.7 Å². The summed E-state index contributed by atoms with van der Waals surface area (Å²) in [4.78, 5) is 25.1. The van der Waals surface area contributed by atoms with Crippen LogP contribution in [0.3, 0.4) is 0 Å². The minimum Gasteiger partial charge on any atom is -0.334 e. The first kappa shape index (κ1) is 11.1. The molecule has 1 heterocycles. The maximum Gasteiger partial charge on any atom is 0.254 e. The van der Waals surface area contributed by atoms with Crippen LogP contribution in [0, 0.1) is 11.7 Å². The summed E-state index contributed by atoms with van der Waals surface area (Å²) in [6.45, 7) is 1.11. The molecule has 4 heteroatoms. The molecule has 1 aromatic carbocycles. The highest BCUT2D eigenvalue weighted by molar-refractivity contribution is 5.97. The maximum absolute atomic E-state index is 12.8. The van der Waals surface area contributed by atoms with Crippen LogP contribution in [-0.2, 0) is 4.79 Å². The van der Waals surface area contributed by atoms with Gasteiger partial charge in [-0.15, -0.1) is 0 Å². The Morgan fingerprint density at radius 2 is 2.00 bits per heavy atom. The van der Waals surface area contributed by atoms with Crippen molar-refractivity contribution >= 4 is 11.7 Å². The molecule has 1 aliphatic carbocycles. The quantitative estimate of drug-likeness (QED) is 0.756. The molecule has 0 radical (unpaired) electrons. The van der Waals surface area contributed by atoms with Gasteiger partial charge < -0.3 is 4.90 Å². The highest BCUT2D eigenvalue weighted by atomic mass is 19.1. The fourth-order valence-corrected chi connectivity index (χ4v) is 2.59. The Balaban J connectivity index is 1.77. The predicted octanol–water partition coefficient (Wildman–Crippen LogP) is 1.80. The topological polar surface area (TPSA) is 37.4 Å². The minimum atomic E-state index is -0.349. The number of fused-ring (bicyclic) bond motifs is 1. The summed E-state index contributed by atoms with van der Waals surface area (Å²) >= 11 is 0. The zero-order valence-electron chi connectivity index (χ0n) is 9.73. The van der Waals surface area contributed by atoms with Gasteiger partial charge in [-0.05, 0) is 35.9 Å². The van der Waals surface area contributed by atoms with E-state index in [0.717, 1.165) is 5.57 Å². The van der Waals surface area contributed by atoms with Crippen molar-refractivity contribution in [1.29, 1.82) is 0 Å². The molecule has 1 fully saturated rings. The molecule has 18 heavy (non-hydrogen) atoms. The van der Waals surface area contributed by atoms with E-state index in [9.17, 15) is 14.0 Å². The number of rotatable bonds is 1. The number of halogens is 1. The van der Waals surface area contributed by atoms with Crippen LogP contribution < -0.4 is 0 Å². The Morgan fingerprint density at radius 3 is 2.67 bits per heavy atom. The molecule has 92 valence electrons. The molecule has 1 aliphatic heterocycles. The second kappa shape index (κ2) is 4.05. The number of allylic oxidation sites excluding steroid dienone is 1. The first-order valence-electron chi connectivity index (χ1n) is 5.91. The van der Waals surface area contributed by atoms with E-state index in [1.807, 2.05) is 0 Å². The molecule has 0 aromatic heterocycles. The van der Waals surface area contributed by atoms with E-state index in [4.69, 9.17) is 0 Å². The second-order valence-electron chi connectivity index (χ2n) is 4.78. The van der Waals surface area contributed by atoms with Crippen molar-refractivity contribution in [3.63, 3.8) is 0 Å². The van der Waals surface area contributed by atoms with E-state index in [2.05, 4.69) is 0 Å². The number of likely N-dealkylation sites (tertiary alicyclic amines) is 1. The van der Waals surface area contributed by atoms with Crippen molar-refractivity contribution < 1.29 is 14.0 Å². The summed E-state index contributed by atoms with van der Waals surface area (Å²) in [6.07, 6.45) is 2.17. The Labute approximate surface area is 104 Å². The van der Waals surface area contributed by atoms with E-state index >= 15 is 0 Å². The SMILES string of the molecule is O=C1C=C2CN(C(=O)c3ccc(F)cc3)CC2C1. The fraction of sp³-hybridized carbons (Fsp3) is 0.286. The third-order valence-electron chi connectivity index (χ3n) is 3.51.